The Labute approximate surface area is 127 Å². The summed E-state index contributed by atoms with van der Waals surface area (Å²) >= 11 is 0. The number of hydrogen-bond acceptors (Lipinski definition) is 3. The Kier molecular flexibility index (Phi) is 8.08. The van der Waals surface area contributed by atoms with Crippen molar-refractivity contribution >= 4 is 0 Å². The van der Waals surface area contributed by atoms with Crippen LogP contribution in [-0.4, -0.2) is 63.7 Å². The van der Waals surface area contributed by atoms with Gasteiger partial charge in [-0.15, -0.1) is 0 Å². The van der Waals surface area contributed by atoms with Crippen molar-refractivity contribution in [2.24, 2.45) is 11.3 Å². The van der Waals surface area contributed by atoms with E-state index in [2.05, 4.69) is 50.1 Å². The highest BCUT2D eigenvalue weighted by atomic mass is 15.2. The quantitative estimate of drug-likeness (QED) is 0.702. The van der Waals surface area contributed by atoms with E-state index in [9.17, 15) is 0 Å². The second kappa shape index (κ2) is 9.01. The van der Waals surface area contributed by atoms with Crippen molar-refractivity contribution in [1.82, 2.24) is 15.1 Å². The topological polar surface area (TPSA) is 18.5 Å². The summed E-state index contributed by atoms with van der Waals surface area (Å²) in [5.41, 5.74) is 0.517. The molecule has 120 valence electrons. The van der Waals surface area contributed by atoms with Gasteiger partial charge in [0.05, 0.1) is 0 Å². The molecule has 3 nitrogen and oxygen atoms in total. The van der Waals surface area contributed by atoms with Crippen LogP contribution in [0.25, 0.3) is 0 Å². The van der Waals surface area contributed by atoms with Gasteiger partial charge in [-0.3, -0.25) is 0 Å². The van der Waals surface area contributed by atoms with Crippen LogP contribution in [0.1, 0.15) is 46.0 Å². The van der Waals surface area contributed by atoms with Crippen LogP contribution in [0.5, 0.6) is 0 Å². The third-order valence-corrected chi connectivity index (χ3v) is 4.85. The smallest absolute Gasteiger partial charge is 0.0109 e. The van der Waals surface area contributed by atoms with Gasteiger partial charge in [0.25, 0.3) is 0 Å². The fourth-order valence-electron chi connectivity index (χ4n) is 3.54. The molecule has 1 N–H and O–H groups in total. The van der Waals surface area contributed by atoms with E-state index in [0.717, 1.165) is 5.92 Å². The third-order valence-electron chi connectivity index (χ3n) is 4.85. The molecule has 0 bridgehead atoms. The predicted molar refractivity (Wildman–Crippen MR) is 89.3 cm³/mol. The molecular formula is C17H37N3. The van der Waals surface area contributed by atoms with Crippen molar-refractivity contribution in [3.63, 3.8) is 0 Å². The molecule has 1 aliphatic rings. The maximum absolute atomic E-state index is 3.47. The SMILES string of the molecule is CCCN(CCN(C)C)CC1(CNC)CCC(C)CC1. The molecule has 0 aliphatic heterocycles. The Bertz CT molecular complexity index is 245. The van der Waals surface area contributed by atoms with Gasteiger partial charge in [0.15, 0.2) is 0 Å². The summed E-state index contributed by atoms with van der Waals surface area (Å²) in [6.45, 7) is 10.8. The first-order valence-corrected chi connectivity index (χ1v) is 8.53. The zero-order valence-electron chi connectivity index (χ0n) is 14.5. The molecule has 0 unspecified atom stereocenters. The Balaban J connectivity index is 2.59. The van der Waals surface area contributed by atoms with E-state index in [1.54, 1.807) is 0 Å². The second-order valence-electron chi connectivity index (χ2n) is 7.29. The van der Waals surface area contributed by atoms with Crippen molar-refractivity contribution in [2.45, 2.75) is 46.0 Å². The molecule has 20 heavy (non-hydrogen) atoms. The molecule has 1 saturated carbocycles. The van der Waals surface area contributed by atoms with Crippen LogP contribution in [0.2, 0.25) is 0 Å². The normalized spacial score (nSPS) is 27.4. The first kappa shape index (κ1) is 17.9. The van der Waals surface area contributed by atoms with E-state index in [-0.39, 0.29) is 0 Å². The van der Waals surface area contributed by atoms with E-state index in [4.69, 9.17) is 0 Å². The van der Waals surface area contributed by atoms with Crippen molar-refractivity contribution in [3.05, 3.63) is 0 Å². The molecule has 3 heteroatoms. The molecule has 1 aliphatic carbocycles. The summed E-state index contributed by atoms with van der Waals surface area (Å²) in [6.07, 6.45) is 6.89. The molecule has 0 atom stereocenters. The molecular weight excluding hydrogens is 246 g/mol. The van der Waals surface area contributed by atoms with Crippen molar-refractivity contribution in [1.29, 1.82) is 0 Å². The highest BCUT2D eigenvalue weighted by molar-refractivity contribution is 4.89. The Hall–Kier alpha value is -0.120. The molecule has 1 fully saturated rings. The molecule has 0 saturated heterocycles. The van der Waals surface area contributed by atoms with Crippen LogP contribution in [0.3, 0.4) is 0 Å². The standard InChI is InChI=1S/C17H37N3/c1-6-11-20(13-12-19(4)5)15-17(14-18-3)9-7-16(2)8-10-17/h16,18H,6-15H2,1-5H3. The number of rotatable bonds is 9. The highest BCUT2D eigenvalue weighted by Gasteiger charge is 2.35. The second-order valence-corrected chi connectivity index (χ2v) is 7.29. The molecule has 1 rings (SSSR count). The fourth-order valence-corrected chi connectivity index (χ4v) is 3.54. The van der Waals surface area contributed by atoms with Crippen LogP contribution in [0.15, 0.2) is 0 Å². The minimum absolute atomic E-state index is 0.517. The first-order valence-electron chi connectivity index (χ1n) is 8.53. The summed E-state index contributed by atoms with van der Waals surface area (Å²) in [5.74, 6) is 0.932. The van der Waals surface area contributed by atoms with Gasteiger partial charge in [0.1, 0.15) is 0 Å². The van der Waals surface area contributed by atoms with Crippen LogP contribution < -0.4 is 5.32 Å². The Morgan fingerprint density at radius 1 is 1.10 bits per heavy atom. The number of likely N-dealkylation sites (N-methyl/N-ethyl adjacent to an activating group) is 1. The molecule has 0 heterocycles. The first-order chi connectivity index (χ1) is 9.51. The van der Waals surface area contributed by atoms with E-state index >= 15 is 0 Å². The molecule has 0 amide bonds. The van der Waals surface area contributed by atoms with Gasteiger partial charge in [-0.1, -0.05) is 26.7 Å². The van der Waals surface area contributed by atoms with Gasteiger partial charge < -0.3 is 15.1 Å². The molecule has 0 radical (unpaired) electrons. The van der Waals surface area contributed by atoms with Gasteiger partial charge in [-0.2, -0.15) is 0 Å². The summed E-state index contributed by atoms with van der Waals surface area (Å²) in [4.78, 5) is 5.00. The van der Waals surface area contributed by atoms with Gasteiger partial charge in [0, 0.05) is 26.2 Å². The monoisotopic (exact) mass is 283 g/mol. The van der Waals surface area contributed by atoms with Crippen LogP contribution >= 0.6 is 0 Å². The summed E-state index contributed by atoms with van der Waals surface area (Å²) in [6, 6.07) is 0. The van der Waals surface area contributed by atoms with E-state index in [1.807, 2.05) is 0 Å². The number of nitrogens with zero attached hydrogens (tertiary/aromatic N) is 2. The predicted octanol–water partition coefficient (Wildman–Crippen LogP) is 2.68. The van der Waals surface area contributed by atoms with Crippen molar-refractivity contribution < 1.29 is 0 Å². The zero-order valence-corrected chi connectivity index (χ0v) is 14.5. The van der Waals surface area contributed by atoms with E-state index < -0.39 is 0 Å². The number of nitrogens with one attached hydrogen (secondary N) is 1. The molecule has 0 aromatic heterocycles. The molecule has 0 aromatic carbocycles. The minimum atomic E-state index is 0.517. The van der Waals surface area contributed by atoms with Gasteiger partial charge >= 0.3 is 0 Å². The van der Waals surface area contributed by atoms with Gasteiger partial charge in [-0.05, 0) is 58.3 Å². The van der Waals surface area contributed by atoms with Crippen molar-refractivity contribution in [3.8, 4) is 0 Å². The Morgan fingerprint density at radius 2 is 1.75 bits per heavy atom. The Morgan fingerprint density at radius 3 is 2.25 bits per heavy atom. The largest absolute Gasteiger partial charge is 0.319 e. The lowest BCUT2D eigenvalue weighted by molar-refractivity contribution is 0.0843. The van der Waals surface area contributed by atoms with Crippen LogP contribution in [0, 0.1) is 11.3 Å². The van der Waals surface area contributed by atoms with E-state index in [1.165, 1.54) is 64.8 Å². The van der Waals surface area contributed by atoms with Crippen molar-refractivity contribution in [2.75, 3.05) is 53.9 Å². The lowest BCUT2D eigenvalue weighted by atomic mass is 9.70. The van der Waals surface area contributed by atoms with Gasteiger partial charge in [-0.25, -0.2) is 0 Å². The average Bonchev–Trinajstić information content (AvgIpc) is 2.40. The van der Waals surface area contributed by atoms with E-state index in [0.29, 0.717) is 5.41 Å². The fraction of sp³-hybridized carbons (Fsp3) is 1.00. The van der Waals surface area contributed by atoms with Gasteiger partial charge in [0.2, 0.25) is 0 Å². The van der Waals surface area contributed by atoms with Crippen LogP contribution in [-0.2, 0) is 0 Å². The average molecular weight is 284 g/mol. The maximum Gasteiger partial charge on any atom is 0.0109 e. The lowest BCUT2D eigenvalue weighted by Gasteiger charge is -2.43. The molecule has 0 spiro atoms. The summed E-state index contributed by atoms with van der Waals surface area (Å²) in [7, 11) is 6.47. The maximum atomic E-state index is 3.47. The highest BCUT2D eigenvalue weighted by Crippen LogP contribution is 2.39. The summed E-state index contributed by atoms with van der Waals surface area (Å²) in [5, 5.41) is 3.47. The lowest BCUT2D eigenvalue weighted by Crippen LogP contribution is -2.47. The number of hydrogen-bond donors (Lipinski definition) is 1. The zero-order chi connectivity index (χ0) is 15.0. The third kappa shape index (κ3) is 6.11. The minimum Gasteiger partial charge on any atom is -0.319 e. The molecule has 0 aromatic rings. The summed E-state index contributed by atoms with van der Waals surface area (Å²) < 4.78 is 0. The van der Waals surface area contributed by atoms with Crippen LogP contribution in [0.4, 0.5) is 0 Å².